The summed E-state index contributed by atoms with van der Waals surface area (Å²) >= 11 is 5.94. The van der Waals surface area contributed by atoms with E-state index in [0.29, 0.717) is 27.2 Å². The molecule has 9 nitrogen and oxygen atoms in total. The van der Waals surface area contributed by atoms with Crippen LogP contribution in [0.5, 0.6) is 0 Å². The van der Waals surface area contributed by atoms with E-state index in [-0.39, 0.29) is 17.5 Å². The van der Waals surface area contributed by atoms with Crippen molar-refractivity contribution in [3.8, 4) is 11.1 Å². The number of nitrogens with zero attached hydrogens (tertiary/aromatic N) is 4. The minimum absolute atomic E-state index is 0.0522. The van der Waals surface area contributed by atoms with Gasteiger partial charge in [0.15, 0.2) is 11.2 Å². The molecule has 3 aromatic heterocycles. The third kappa shape index (κ3) is 3.03. The number of aromatic nitrogens is 5. The third-order valence-corrected chi connectivity index (χ3v) is 4.64. The zero-order valence-corrected chi connectivity index (χ0v) is 15.4. The Kier molecular flexibility index (Phi) is 3.88. The van der Waals surface area contributed by atoms with Gasteiger partial charge < -0.3 is 10.2 Å². The first-order chi connectivity index (χ1) is 14.1. The molecule has 0 unspecified atom stereocenters. The Labute approximate surface area is 167 Å². The molecule has 0 spiro atoms. The Balaban J connectivity index is 1.46. The summed E-state index contributed by atoms with van der Waals surface area (Å²) < 4.78 is 5.63. The van der Waals surface area contributed by atoms with E-state index in [9.17, 15) is 4.79 Å². The normalized spacial score (nSPS) is 11.2. The maximum absolute atomic E-state index is 12.6. The molecule has 3 heterocycles. The van der Waals surface area contributed by atoms with Crippen LogP contribution >= 0.6 is 11.6 Å². The van der Waals surface area contributed by atoms with E-state index in [1.54, 1.807) is 6.07 Å². The average molecular weight is 406 g/mol. The number of nitrogen functional groups attached to an aromatic ring is 1. The van der Waals surface area contributed by atoms with Crippen LogP contribution in [-0.2, 0) is 0 Å². The maximum atomic E-state index is 12.6. The van der Waals surface area contributed by atoms with Crippen molar-refractivity contribution in [1.82, 2.24) is 25.1 Å². The number of carbonyl (C=O) groups excluding carboxylic acids is 1. The fourth-order valence-electron chi connectivity index (χ4n) is 3.01. The van der Waals surface area contributed by atoms with Crippen LogP contribution < -0.4 is 11.1 Å². The number of halogens is 1. The summed E-state index contributed by atoms with van der Waals surface area (Å²) in [5, 5.41) is 10.2. The Morgan fingerprint density at radius 2 is 1.90 bits per heavy atom. The van der Waals surface area contributed by atoms with E-state index in [1.807, 2.05) is 36.4 Å². The largest absolute Gasteiger partial charge is 0.423 e. The molecule has 0 fully saturated rings. The summed E-state index contributed by atoms with van der Waals surface area (Å²) in [6.07, 6.45) is 1.28. The fraction of sp³-hybridized carbons (Fsp3) is 0. The van der Waals surface area contributed by atoms with Gasteiger partial charge >= 0.3 is 6.01 Å². The van der Waals surface area contributed by atoms with Crippen molar-refractivity contribution in [2.75, 3.05) is 11.1 Å². The van der Waals surface area contributed by atoms with E-state index in [1.165, 1.54) is 6.33 Å². The van der Waals surface area contributed by atoms with Gasteiger partial charge in [-0.1, -0.05) is 29.8 Å². The quantitative estimate of drug-likeness (QED) is 0.416. The summed E-state index contributed by atoms with van der Waals surface area (Å²) in [6, 6.07) is 13.1. The Morgan fingerprint density at radius 3 is 2.72 bits per heavy atom. The number of hydrogen-bond acceptors (Lipinski definition) is 7. The number of aromatic amines is 1. The minimum Gasteiger partial charge on any atom is -0.423 e. The molecule has 5 rings (SSSR count). The monoisotopic (exact) mass is 405 g/mol. The fourth-order valence-corrected chi connectivity index (χ4v) is 3.13. The number of benzene rings is 2. The first kappa shape index (κ1) is 17.1. The van der Waals surface area contributed by atoms with Gasteiger partial charge in [-0.2, -0.15) is 10.1 Å². The lowest BCUT2D eigenvalue weighted by Crippen LogP contribution is -2.13. The number of nitrogens with one attached hydrogen (secondary N) is 2. The zero-order valence-electron chi connectivity index (χ0n) is 14.7. The molecule has 0 radical (unpaired) electrons. The average Bonchev–Trinajstić information content (AvgIpc) is 3.32. The van der Waals surface area contributed by atoms with Crippen LogP contribution in [0.25, 0.3) is 33.3 Å². The van der Waals surface area contributed by atoms with Gasteiger partial charge in [-0.05, 0) is 35.4 Å². The minimum atomic E-state index is -0.515. The van der Waals surface area contributed by atoms with Gasteiger partial charge in [0.25, 0.3) is 5.91 Å². The topological polar surface area (TPSA) is 136 Å². The number of oxazole rings is 1. The van der Waals surface area contributed by atoms with Gasteiger partial charge in [-0.15, -0.1) is 0 Å². The van der Waals surface area contributed by atoms with E-state index >= 15 is 0 Å². The highest BCUT2D eigenvalue weighted by atomic mass is 35.5. The first-order valence-corrected chi connectivity index (χ1v) is 8.89. The van der Waals surface area contributed by atoms with Gasteiger partial charge in [0, 0.05) is 5.02 Å². The van der Waals surface area contributed by atoms with Gasteiger partial charge in [0.1, 0.15) is 23.4 Å². The van der Waals surface area contributed by atoms with Crippen molar-refractivity contribution in [1.29, 1.82) is 0 Å². The smallest absolute Gasteiger partial charge is 0.302 e. The number of hydrogen-bond donors (Lipinski definition) is 3. The van der Waals surface area contributed by atoms with E-state index in [0.717, 1.165) is 11.1 Å². The molecule has 10 heteroatoms. The maximum Gasteiger partial charge on any atom is 0.302 e. The van der Waals surface area contributed by atoms with Crippen LogP contribution in [0.15, 0.2) is 53.2 Å². The van der Waals surface area contributed by atoms with Crippen LogP contribution in [0.4, 0.5) is 11.8 Å². The molecule has 1 amide bonds. The number of H-pyrrole nitrogens is 1. The molecule has 2 aromatic carbocycles. The lowest BCUT2D eigenvalue weighted by Gasteiger charge is -2.00. The molecule has 4 N–H and O–H groups in total. The van der Waals surface area contributed by atoms with Crippen molar-refractivity contribution >= 4 is 51.5 Å². The van der Waals surface area contributed by atoms with Crippen molar-refractivity contribution in [2.45, 2.75) is 0 Å². The summed E-state index contributed by atoms with van der Waals surface area (Å²) in [7, 11) is 0. The Hall–Kier alpha value is -3.98. The molecule has 0 aliphatic heterocycles. The Morgan fingerprint density at radius 1 is 1.10 bits per heavy atom. The van der Waals surface area contributed by atoms with Crippen LogP contribution in [0.2, 0.25) is 5.02 Å². The highest BCUT2D eigenvalue weighted by Crippen LogP contribution is 2.27. The van der Waals surface area contributed by atoms with E-state index in [4.69, 9.17) is 21.8 Å². The number of carbonyl (C=O) groups is 1. The van der Waals surface area contributed by atoms with Crippen LogP contribution in [-0.4, -0.2) is 31.1 Å². The van der Waals surface area contributed by atoms with Crippen molar-refractivity contribution < 1.29 is 9.21 Å². The number of anilines is 2. The SMILES string of the molecule is Nc1ncnc2n[nH]c(C(=O)Nc3nc4cc(-c5ccc(Cl)cc5)ccc4o3)c12. The van der Waals surface area contributed by atoms with Gasteiger partial charge in [0.05, 0.1) is 5.39 Å². The predicted octanol–water partition coefficient (Wildman–Crippen LogP) is 3.65. The van der Waals surface area contributed by atoms with Crippen molar-refractivity contribution in [2.24, 2.45) is 0 Å². The van der Waals surface area contributed by atoms with Crippen molar-refractivity contribution in [3.63, 3.8) is 0 Å². The summed E-state index contributed by atoms with van der Waals surface area (Å²) in [4.78, 5) is 24.8. The van der Waals surface area contributed by atoms with E-state index < -0.39 is 5.91 Å². The summed E-state index contributed by atoms with van der Waals surface area (Å²) in [6.45, 7) is 0. The molecule has 142 valence electrons. The van der Waals surface area contributed by atoms with Gasteiger partial charge in [0.2, 0.25) is 0 Å². The molecule has 29 heavy (non-hydrogen) atoms. The third-order valence-electron chi connectivity index (χ3n) is 4.39. The van der Waals surface area contributed by atoms with Crippen LogP contribution in [0.3, 0.4) is 0 Å². The zero-order chi connectivity index (χ0) is 20.0. The molecule has 0 aliphatic rings. The van der Waals surface area contributed by atoms with Gasteiger partial charge in [-0.25, -0.2) is 9.97 Å². The summed E-state index contributed by atoms with van der Waals surface area (Å²) in [5.74, 6) is -0.363. The van der Waals surface area contributed by atoms with Crippen LogP contribution in [0, 0.1) is 0 Å². The second-order valence-electron chi connectivity index (χ2n) is 6.22. The molecule has 5 aromatic rings. The predicted molar refractivity (Wildman–Crippen MR) is 109 cm³/mol. The molecule has 0 saturated carbocycles. The molecular weight excluding hydrogens is 394 g/mol. The summed E-state index contributed by atoms with van der Waals surface area (Å²) in [5.41, 5.74) is 9.34. The lowest BCUT2D eigenvalue weighted by molar-refractivity contribution is 0.102. The molecular formula is C19H12ClN7O2. The molecule has 0 aliphatic carbocycles. The van der Waals surface area contributed by atoms with Crippen molar-refractivity contribution in [3.05, 3.63) is 59.5 Å². The number of fused-ring (bicyclic) bond motifs is 2. The number of rotatable bonds is 3. The highest BCUT2D eigenvalue weighted by Gasteiger charge is 2.19. The first-order valence-electron chi connectivity index (χ1n) is 8.51. The standard InChI is InChI=1S/C19H12ClN7O2/c20-11-4-1-9(2-5-11)10-3-6-13-12(7-10)24-19(29-13)25-18(28)15-14-16(21)22-8-23-17(14)27-26-15/h1-8H,(H,24,25,28)(H3,21,22,23,26,27). The highest BCUT2D eigenvalue weighted by molar-refractivity contribution is 6.30. The number of nitrogens with two attached hydrogens (primary N) is 1. The van der Waals surface area contributed by atoms with E-state index in [2.05, 4.69) is 30.5 Å². The second-order valence-corrected chi connectivity index (χ2v) is 6.66. The second kappa shape index (κ2) is 6.57. The molecule has 0 saturated heterocycles. The Bertz CT molecular complexity index is 1370. The molecule has 0 bridgehead atoms. The molecule has 0 atom stereocenters. The van der Waals surface area contributed by atoms with Gasteiger partial charge in [-0.3, -0.25) is 15.2 Å². The number of amides is 1. The van der Waals surface area contributed by atoms with Crippen LogP contribution in [0.1, 0.15) is 10.5 Å². The lowest BCUT2D eigenvalue weighted by atomic mass is 10.1.